The largest absolute Gasteiger partial charge is 0.205 e. The summed E-state index contributed by atoms with van der Waals surface area (Å²) in [6.45, 7) is 8.16. The molecular weight excluding hydrogens is 603 g/mol. The number of aromatic nitrogens is 1. The van der Waals surface area contributed by atoms with E-state index in [-0.39, 0.29) is 0 Å². The maximum Gasteiger partial charge on any atom is 0.171 e. The first kappa shape index (κ1) is 47.2. The third-order valence-corrected chi connectivity index (χ3v) is 11.4. The SMILES string of the molecule is CCCCCCCCCCCCCCCCCCc1cc(CCCCCCCCCCCCCCCCCC)c[n+](CCCCCCCC)c1. The average Bonchev–Trinajstić information content (AvgIpc) is 3.12. The van der Waals surface area contributed by atoms with Gasteiger partial charge in [0.25, 0.3) is 0 Å². The molecule has 0 saturated heterocycles. The van der Waals surface area contributed by atoms with Gasteiger partial charge in [-0.15, -0.1) is 0 Å². The second kappa shape index (κ2) is 39.4. The Morgan fingerprint density at radius 3 is 0.760 bits per heavy atom. The number of rotatable bonds is 41. The molecular formula is C49H94N+. The molecule has 0 bridgehead atoms. The first-order valence-corrected chi connectivity index (χ1v) is 23.8. The molecule has 0 aliphatic heterocycles. The molecule has 0 spiro atoms. The maximum atomic E-state index is 2.58. The minimum atomic E-state index is 1.21. The number of hydrogen-bond acceptors (Lipinski definition) is 0. The lowest BCUT2D eigenvalue weighted by atomic mass is 10.0. The summed E-state index contributed by atoms with van der Waals surface area (Å²) in [5, 5.41) is 0. The molecule has 1 heterocycles. The molecule has 0 aliphatic rings. The molecule has 1 heteroatoms. The number of unbranched alkanes of at least 4 members (excludes halogenated alkanes) is 35. The van der Waals surface area contributed by atoms with E-state index in [1.54, 1.807) is 11.1 Å². The Morgan fingerprint density at radius 1 is 0.280 bits per heavy atom. The van der Waals surface area contributed by atoms with E-state index >= 15 is 0 Å². The van der Waals surface area contributed by atoms with Crippen molar-refractivity contribution in [3.63, 3.8) is 0 Å². The van der Waals surface area contributed by atoms with Gasteiger partial charge in [0.2, 0.25) is 0 Å². The Labute approximate surface area is 317 Å². The Kier molecular flexibility index (Phi) is 37.1. The highest BCUT2D eigenvalue weighted by atomic mass is 14.9. The molecule has 0 N–H and O–H groups in total. The van der Waals surface area contributed by atoms with E-state index in [2.05, 4.69) is 43.8 Å². The molecule has 0 atom stereocenters. The zero-order valence-corrected chi connectivity index (χ0v) is 35.2. The van der Waals surface area contributed by atoms with Crippen LogP contribution in [0.2, 0.25) is 0 Å². The lowest BCUT2D eigenvalue weighted by Gasteiger charge is -2.07. The second-order valence-electron chi connectivity index (χ2n) is 16.7. The number of aryl methyl sites for hydroxylation is 3. The van der Waals surface area contributed by atoms with E-state index in [0.717, 1.165) is 0 Å². The van der Waals surface area contributed by atoms with Crippen LogP contribution in [-0.2, 0) is 19.4 Å². The number of hydrogen-bond donors (Lipinski definition) is 0. The summed E-state index contributed by atoms with van der Waals surface area (Å²) >= 11 is 0. The van der Waals surface area contributed by atoms with Crippen molar-refractivity contribution in [1.82, 2.24) is 0 Å². The molecule has 0 fully saturated rings. The zero-order chi connectivity index (χ0) is 35.8. The van der Waals surface area contributed by atoms with Gasteiger partial charge < -0.3 is 0 Å². The molecule has 1 nitrogen and oxygen atoms in total. The summed E-state index contributed by atoms with van der Waals surface area (Å²) in [4.78, 5) is 0. The summed E-state index contributed by atoms with van der Waals surface area (Å²) in [5.74, 6) is 0. The standard InChI is InChI=1S/C49H94N/c1-4-7-10-13-16-18-20-22-24-26-28-30-32-34-36-39-42-48-45-49(47-50(46-48)44-41-38-15-12-9-6-3)43-40-37-35-33-31-29-27-25-23-21-19-17-14-11-8-5-2/h45-47H,4-44H2,1-3H3/q+1. The fourth-order valence-corrected chi connectivity index (χ4v) is 8.01. The van der Waals surface area contributed by atoms with E-state index < -0.39 is 0 Å². The predicted octanol–water partition coefficient (Wildman–Crippen LogP) is 16.9. The lowest BCUT2D eigenvalue weighted by molar-refractivity contribution is -0.698. The smallest absolute Gasteiger partial charge is 0.171 e. The summed E-state index contributed by atoms with van der Waals surface area (Å²) < 4.78 is 2.57. The molecule has 50 heavy (non-hydrogen) atoms. The van der Waals surface area contributed by atoms with Crippen molar-refractivity contribution in [3.8, 4) is 0 Å². The Hall–Kier alpha value is -0.850. The van der Waals surface area contributed by atoms with Gasteiger partial charge in [-0.3, -0.25) is 0 Å². The Balaban J connectivity index is 2.19. The monoisotopic (exact) mass is 697 g/mol. The molecule has 294 valence electrons. The van der Waals surface area contributed by atoms with Crippen molar-refractivity contribution in [2.24, 2.45) is 0 Å². The van der Waals surface area contributed by atoms with Crippen LogP contribution in [0.1, 0.15) is 276 Å². The molecule has 1 aromatic heterocycles. The lowest BCUT2D eigenvalue weighted by Crippen LogP contribution is -2.34. The normalized spacial score (nSPS) is 11.6. The summed E-state index contributed by atoms with van der Waals surface area (Å²) in [6.07, 6.45) is 62.3. The first-order chi connectivity index (χ1) is 24.8. The van der Waals surface area contributed by atoms with Crippen LogP contribution in [0.15, 0.2) is 18.5 Å². The average molecular weight is 697 g/mol. The molecule has 0 radical (unpaired) electrons. The summed E-state index contributed by atoms with van der Waals surface area (Å²) in [5.41, 5.74) is 3.21. The van der Waals surface area contributed by atoms with Crippen LogP contribution in [0.25, 0.3) is 0 Å². The highest BCUT2D eigenvalue weighted by Gasteiger charge is 2.09. The van der Waals surface area contributed by atoms with Gasteiger partial charge in [0.1, 0.15) is 6.54 Å². The topological polar surface area (TPSA) is 3.88 Å². The van der Waals surface area contributed by atoms with Crippen LogP contribution in [-0.4, -0.2) is 0 Å². The molecule has 1 rings (SSSR count). The quantitative estimate of drug-likeness (QED) is 0.0474. The fourth-order valence-electron chi connectivity index (χ4n) is 8.01. The van der Waals surface area contributed by atoms with Crippen LogP contribution < -0.4 is 4.57 Å². The van der Waals surface area contributed by atoms with E-state index in [1.807, 2.05) is 0 Å². The summed E-state index contributed by atoms with van der Waals surface area (Å²) in [7, 11) is 0. The maximum absolute atomic E-state index is 2.58. The highest BCUT2D eigenvalue weighted by Crippen LogP contribution is 2.17. The van der Waals surface area contributed by atoms with Gasteiger partial charge in [0, 0.05) is 17.5 Å². The highest BCUT2D eigenvalue weighted by molar-refractivity contribution is 5.15. The third-order valence-electron chi connectivity index (χ3n) is 11.4. The van der Waals surface area contributed by atoms with E-state index in [0.29, 0.717) is 0 Å². The number of nitrogens with zero attached hydrogens (tertiary/aromatic N) is 1. The van der Waals surface area contributed by atoms with Gasteiger partial charge in [-0.05, 0) is 38.2 Å². The molecule has 1 aromatic rings. The number of pyridine rings is 1. The van der Waals surface area contributed by atoms with Crippen molar-refractivity contribution in [2.75, 3.05) is 0 Å². The van der Waals surface area contributed by atoms with Crippen molar-refractivity contribution >= 4 is 0 Å². The van der Waals surface area contributed by atoms with Gasteiger partial charge in [-0.1, -0.05) is 239 Å². The van der Waals surface area contributed by atoms with Gasteiger partial charge in [-0.2, -0.15) is 0 Å². The van der Waals surface area contributed by atoms with Crippen LogP contribution in [0.3, 0.4) is 0 Å². The fraction of sp³-hybridized carbons (Fsp3) is 0.898. The van der Waals surface area contributed by atoms with Crippen LogP contribution in [0, 0.1) is 0 Å². The van der Waals surface area contributed by atoms with Gasteiger partial charge in [0.15, 0.2) is 12.4 Å². The molecule has 0 aliphatic carbocycles. The van der Waals surface area contributed by atoms with Crippen molar-refractivity contribution in [2.45, 2.75) is 284 Å². The Morgan fingerprint density at radius 2 is 0.500 bits per heavy atom. The molecule has 0 saturated carbocycles. The van der Waals surface area contributed by atoms with Gasteiger partial charge in [0.05, 0.1) is 0 Å². The van der Waals surface area contributed by atoms with Crippen LogP contribution in [0.4, 0.5) is 0 Å². The van der Waals surface area contributed by atoms with Crippen LogP contribution >= 0.6 is 0 Å². The second-order valence-corrected chi connectivity index (χ2v) is 16.7. The van der Waals surface area contributed by atoms with E-state index in [9.17, 15) is 0 Å². The minimum Gasteiger partial charge on any atom is -0.205 e. The Bertz CT molecular complexity index is 729. The molecule has 0 aromatic carbocycles. The predicted molar refractivity (Wildman–Crippen MR) is 227 cm³/mol. The van der Waals surface area contributed by atoms with E-state index in [1.165, 1.54) is 263 Å². The first-order valence-electron chi connectivity index (χ1n) is 23.8. The van der Waals surface area contributed by atoms with Crippen molar-refractivity contribution in [3.05, 3.63) is 29.6 Å². The van der Waals surface area contributed by atoms with Crippen LogP contribution in [0.5, 0.6) is 0 Å². The molecule has 0 unspecified atom stereocenters. The minimum absolute atomic E-state index is 1.21. The van der Waals surface area contributed by atoms with Crippen molar-refractivity contribution in [1.29, 1.82) is 0 Å². The molecule has 0 amide bonds. The summed E-state index contributed by atoms with van der Waals surface area (Å²) in [6, 6.07) is 2.58. The van der Waals surface area contributed by atoms with Gasteiger partial charge in [-0.25, -0.2) is 4.57 Å². The zero-order valence-electron chi connectivity index (χ0n) is 35.2. The van der Waals surface area contributed by atoms with E-state index in [4.69, 9.17) is 0 Å². The third kappa shape index (κ3) is 33.0. The van der Waals surface area contributed by atoms with Gasteiger partial charge >= 0.3 is 0 Å². The van der Waals surface area contributed by atoms with Crippen molar-refractivity contribution < 1.29 is 4.57 Å².